The molecule has 0 bridgehead atoms. The second-order valence-corrected chi connectivity index (χ2v) is 5.37. The van der Waals surface area contributed by atoms with Crippen LogP contribution in [-0.4, -0.2) is 20.1 Å². The van der Waals surface area contributed by atoms with E-state index in [1.165, 1.54) is 24.3 Å². The van der Waals surface area contributed by atoms with Crippen molar-refractivity contribution in [3.05, 3.63) is 65.0 Å². The first kappa shape index (κ1) is 21.2. The number of hydrogen-bond donors (Lipinski definition) is 2. The first-order chi connectivity index (χ1) is 11.7. The molecule has 0 aliphatic heterocycles. The lowest BCUT2D eigenvalue weighted by Gasteiger charge is -2.14. The number of methoxy groups -OCH3 is 1. The van der Waals surface area contributed by atoms with Gasteiger partial charge in [0.05, 0.1) is 7.11 Å². The Balaban J connectivity index is 0.00000312. The summed E-state index contributed by atoms with van der Waals surface area (Å²) in [5.41, 5.74) is 3.39. The summed E-state index contributed by atoms with van der Waals surface area (Å²) in [5.74, 6) is 0.561. The lowest BCUT2D eigenvalue weighted by Crippen LogP contribution is -2.36. The number of nitrogens with zero attached hydrogens (tertiary/aromatic N) is 1. The van der Waals surface area contributed by atoms with E-state index in [4.69, 9.17) is 4.74 Å². The number of aryl methyl sites for hydroxylation is 1. The predicted octanol–water partition coefficient (Wildman–Crippen LogP) is 3.88. The number of hydrogen-bond acceptors (Lipinski definition) is 2. The van der Waals surface area contributed by atoms with E-state index in [9.17, 15) is 4.39 Å². The Labute approximate surface area is 165 Å². The number of aliphatic imine (C=N–C) groups is 1. The fraction of sp³-hybridized carbons (Fsp3) is 0.316. The van der Waals surface area contributed by atoms with Gasteiger partial charge in [-0.1, -0.05) is 37.3 Å². The SMILES string of the molecule is CCc1ccccc1CNC(=NC)NCc1ccc(OC)c(F)c1.I. The van der Waals surface area contributed by atoms with E-state index < -0.39 is 0 Å². The second kappa shape index (κ2) is 10.9. The summed E-state index contributed by atoms with van der Waals surface area (Å²) in [6.45, 7) is 3.32. The highest BCUT2D eigenvalue weighted by Crippen LogP contribution is 2.17. The molecule has 25 heavy (non-hydrogen) atoms. The van der Waals surface area contributed by atoms with Gasteiger partial charge in [0.2, 0.25) is 0 Å². The zero-order chi connectivity index (χ0) is 17.4. The van der Waals surface area contributed by atoms with Gasteiger partial charge in [-0.15, -0.1) is 24.0 Å². The van der Waals surface area contributed by atoms with E-state index in [2.05, 4.69) is 34.7 Å². The molecule has 2 N–H and O–H groups in total. The molecule has 2 aromatic carbocycles. The van der Waals surface area contributed by atoms with E-state index in [1.54, 1.807) is 13.1 Å². The van der Waals surface area contributed by atoms with Gasteiger partial charge in [-0.3, -0.25) is 4.99 Å². The summed E-state index contributed by atoms with van der Waals surface area (Å²) in [6.07, 6.45) is 0.995. The Kier molecular flexibility index (Phi) is 9.26. The minimum Gasteiger partial charge on any atom is -0.494 e. The van der Waals surface area contributed by atoms with Crippen molar-refractivity contribution < 1.29 is 9.13 Å². The number of benzene rings is 2. The van der Waals surface area contributed by atoms with Gasteiger partial charge in [0.1, 0.15) is 0 Å². The normalized spacial score (nSPS) is 10.8. The van der Waals surface area contributed by atoms with Crippen molar-refractivity contribution >= 4 is 29.9 Å². The van der Waals surface area contributed by atoms with Crippen LogP contribution < -0.4 is 15.4 Å². The molecule has 0 aliphatic rings. The highest BCUT2D eigenvalue weighted by molar-refractivity contribution is 14.0. The van der Waals surface area contributed by atoms with Crippen LogP contribution in [0.3, 0.4) is 0 Å². The van der Waals surface area contributed by atoms with Gasteiger partial charge < -0.3 is 15.4 Å². The van der Waals surface area contributed by atoms with Gasteiger partial charge in [0, 0.05) is 20.1 Å². The molecule has 0 unspecified atom stereocenters. The smallest absolute Gasteiger partial charge is 0.191 e. The van der Waals surface area contributed by atoms with Crippen molar-refractivity contribution in [3.63, 3.8) is 0 Å². The summed E-state index contributed by atoms with van der Waals surface area (Å²) < 4.78 is 18.6. The molecule has 0 spiro atoms. The number of rotatable bonds is 6. The summed E-state index contributed by atoms with van der Waals surface area (Å²) in [4.78, 5) is 4.21. The summed E-state index contributed by atoms with van der Waals surface area (Å²) in [6, 6.07) is 13.2. The van der Waals surface area contributed by atoms with Gasteiger partial charge in [-0.2, -0.15) is 0 Å². The van der Waals surface area contributed by atoms with Gasteiger partial charge in [-0.25, -0.2) is 4.39 Å². The van der Waals surface area contributed by atoms with Gasteiger partial charge in [0.15, 0.2) is 17.5 Å². The zero-order valence-electron chi connectivity index (χ0n) is 14.8. The Bertz CT molecular complexity index is 707. The quantitative estimate of drug-likeness (QED) is 0.393. The number of nitrogens with one attached hydrogen (secondary N) is 2. The van der Waals surface area contributed by atoms with Gasteiger partial charge in [-0.05, 0) is 35.2 Å². The average Bonchev–Trinajstić information content (AvgIpc) is 2.62. The molecule has 4 nitrogen and oxygen atoms in total. The average molecular weight is 457 g/mol. The topological polar surface area (TPSA) is 45.7 Å². The van der Waals surface area contributed by atoms with E-state index >= 15 is 0 Å². The molecule has 6 heteroatoms. The zero-order valence-corrected chi connectivity index (χ0v) is 17.1. The van der Waals surface area contributed by atoms with Crippen molar-refractivity contribution in [1.29, 1.82) is 0 Å². The van der Waals surface area contributed by atoms with Crippen LogP contribution in [0.5, 0.6) is 5.75 Å². The fourth-order valence-corrected chi connectivity index (χ4v) is 2.48. The molecule has 136 valence electrons. The molecule has 0 aliphatic carbocycles. The molecular formula is C19H25FIN3O. The Hall–Kier alpha value is -1.83. The molecular weight excluding hydrogens is 432 g/mol. The third kappa shape index (κ3) is 6.19. The highest BCUT2D eigenvalue weighted by Gasteiger charge is 2.05. The molecule has 0 saturated carbocycles. The highest BCUT2D eigenvalue weighted by atomic mass is 127. The standard InChI is InChI=1S/C19H24FN3O.HI/c1-4-15-7-5-6-8-16(15)13-23-19(21-2)22-12-14-9-10-18(24-3)17(20)11-14;/h5-11H,4,12-13H2,1-3H3,(H2,21,22,23);1H. The first-order valence-electron chi connectivity index (χ1n) is 8.01. The molecule has 0 aromatic heterocycles. The van der Waals surface area contributed by atoms with Crippen LogP contribution in [0.4, 0.5) is 4.39 Å². The largest absolute Gasteiger partial charge is 0.494 e. The summed E-state index contributed by atoms with van der Waals surface area (Å²) >= 11 is 0. The van der Waals surface area contributed by atoms with E-state index in [0.29, 0.717) is 19.0 Å². The molecule has 2 aromatic rings. The lowest BCUT2D eigenvalue weighted by molar-refractivity contribution is 0.386. The second-order valence-electron chi connectivity index (χ2n) is 5.37. The Morgan fingerprint density at radius 3 is 2.36 bits per heavy atom. The van der Waals surface area contributed by atoms with Gasteiger partial charge >= 0.3 is 0 Å². The van der Waals surface area contributed by atoms with Crippen molar-refractivity contribution in [2.24, 2.45) is 4.99 Å². The number of guanidine groups is 1. The van der Waals surface area contributed by atoms with Crippen molar-refractivity contribution in [1.82, 2.24) is 10.6 Å². The predicted molar refractivity (Wildman–Crippen MR) is 111 cm³/mol. The lowest BCUT2D eigenvalue weighted by atomic mass is 10.1. The molecule has 0 amide bonds. The summed E-state index contributed by atoms with van der Waals surface area (Å²) in [5, 5.41) is 6.48. The monoisotopic (exact) mass is 457 g/mol. The van der Waals surface area contributed by atoms with Gasteiger partial charge in [0.25, 0.3) is 0 Å². The minimum atomic E-state index is -0.364. The molecule has 0 fully saturated rings. The maximum atomic E-state index is 13.7. The van der Waals surface area contributed by atoms with E-state index in [0.717, 1.165) is 12.0 Å². The third-order valence-electron chi connectivity index (χ3n) is 3.85. The van der Waals surface area contributed by atoms with Crippen molar-refractivity contribution in [3.8, 4) is 5.75 Å². The van der Waals surface area contributed by atoms with Crippen LogP contribution in [0, 0.1) is 5.82 Å². The van der Waals surface area contributed by atoms with Crippen molar-refractivity contribution in [2.45, 2.75) is 26.4 Å². The third-order valence-corrected chi connectivity index (χ3v) is 3.85. The maximum absolute atomic E-state index is 13.7. The van der Waals surface area contributed by atoms with Crippen LogP contribution in [0.15, 0.2) is 47.5 Å². The van der Waals surface area contributed by atoms with Crippen LogP contribution in [0.25, 0.3) is 0 Å². The molecule has 0 atom stereocenters. The first-order valence-corrected chi connectivity index (χ1v) is 8.01. The molecule has 2 rings (SSSR count). The van der Waals surface area contributed by atoms with E-state index in [-0.39, 0.29) is 35.5 Å². The Morgan fingerprint density at radius 1 is 1.08 bits per heavy atom. The van der Waals surface area contributed by atoms with Crippen LogP contribution in [-0.2, 0) is 19.5 Å². The van der Waals surface area contributed by atoms with Crippen molar-refractivity contribution in [2.75, 3.05) is 14.2 Å². The van der Waals surface area contributed by atoms with Crippen LogP contribution in [0.2, 0.25) is 0 Å². The number of halogens is 2. The molecule has 0 radical (unpaired) electrons. The maximum Gasteiger partial charge on any atom is 0.191 e. The van der Waals surface area contributed by atoms with E-state index in [1.807, 2.05) is 18.2 Å². The number of ether oxygens (including phenoxy) is 1. The van der Waals surface area contributed by atoms with Crippen LogP contribution in [0.1, 0.15) is 23.6 Å². The minimum absolute atomic E-state index is 0. The summed E-state index contributed by atoms with van der Waals surface area (Å²) in [7, 11) is 3.17. The Morgan fingerprint density at radius 2 is 1.76 bits per heavy atom. The molecule has 0 saturated heterocycles. The fourth-order valence-electron chi connectivity index (χ4n) is 2.48. The van der Waals surface area contributed by atoms with Crippen LogP contribution >= 0.6 is 24.0 Å². The molecule has 0 heterocycles.